The normalized spacial score (nSPS) is 22.8. The number of halogens is 3. The third-order valence-corrected chi connectivity index (χ3v) is 7.09. The van der Waals surface area contributed by atoms with Crippen LogP contribution in [-0.4, -0.2) is 58.0 Å². The second-order valence-corrected chi connectivity index (χ2v) is 9.23. The lowest BCUT2D eigenvalue weighted by atomic mass is 9.98. The van der Waals surface area contributed by atoms with Crippen LogP contribution in [0.25, 0.3) is 0 Å². The number of amides is 2. The van der Waals surface area contributed by atoms with Crippen LogP contribution < -0.4 is 10.7 Å². The zero-order valence-electron chi connectivity index (χ0n) is 19.4. The van der Waals surface area contributed by atoms with Gasteiger partial charge in [-0.1, -0.05) is 0 Å². The summed E-state index contributed by atoms with van der Waals surface area (Å²) in [5, 5.41) is 13.0. The van der Waals surface area contributed by atoms with Gasteiger partial charge in [-0.2, -0.15) is 0 Å². The fraction of sp³-hybridized carbons (Fsp3) is 0.458. The summed E-state index contributed by atoms with van der Waals surface area (Å²) in [6, 6.07) is 0.0666. The van der Waals surface area contributed by atoms with Crippen LogP contribution in [0.3, 0.4) is 0 Å². The first kappa shape index (κ1) is 24.3. The number of rotatable bonds is 3. The molecule has 2 amide bonds. The molecule has 1 aromatic carbocycles. The zero-order chi connectivity index (χ0) is 25.8. The van der Waals surface area contributed by atoms with Gasteiger partial charge >= 0.3 is 0 Å². The number of nitrogens with one attached hydrogen (secondary N) is 1. The van der Waals surface area contributed by atoms with Gasteiger partial charge in [0.05, 0.1) is 13.2 Å². The number of carbonyl (C=O) groups is 2. The third-order valence-electron chi connectivity index (χ3n) is 7.09. The largest absolute Gasteiger partial charge is 0.503 e. The number of fused-ring (bicyclic) bond motifs is 5. The van der Waals surface area contributed by atoms with E-state index in [1.165, 1.54) is 4.57 Å². The Labute approximate surface area is 203 Å². The number of aromatic nitrogens is 1. The van der Waals surface area contributed by atoms with E-state index in [4.69, 9.17) is 9.47 Å². The standard InChI is InChI=1S/C24H24F3N3O6/c1-12-3-4-24(35-5-2-6-36-24)18-11-29(12)23(34)19-21(32)20(31)15(10-30(18)19)22(33)28-9-14-16(26)7-13(25)8-17(14)27/h7-8,10,12,18,32H,2-6,9,11H2,1H3,(H,28,33). The minimum absolute atomic E-state index is 0.169. The molecule has 1 aromatic heterocycles. The molecular weight excluding hydrogens is 483 g/mol. The highest BCUT2D eigenvalue weighted by Gasteiger charge is 2.52. The van der Waals surface area contributed by atoms with Crippen molar-refractivity contribution in [3.8, 4) is 5.75 Å². The van der Waals surface area contributed by atoms with Crippen molar-refractivity contribution >= 4 is 11.8 Å². The monoisotopic (exact) mass is 507 g/mol. The van der Waals surface area contributed by atoms with E-state index in [2.05, 4.69) is 5.32 Å². The highest BCUT2D eigenvalue weighted by Crippen LogP contribution is 2.44. The zero-order valence-corrected chi connectivity index (χ0v) is 19.4. The topological polar surface area (TPSA) is 110 Å². The Morgan fingerprint density at radius 3 is 2.53 bits per heavy atom. The van der Waals surface area contributed by atoms with E-state index in [-0.39, 0.29) is 18.3 Å². The van der Waals surface area contributed by atoms with Crippen molar-refractivity contribution < 1.29 is 37.3 Å². The van der Waals surface area contributed by atoms with E-state index in [1.54, 1.807) is 4.90 Å². The summed E-state index contributed by atoms with van der Waals surface area (Å²) >= 11 is 0. The van der Waals surface area contributed by atoms with Crippen LogP contribution in [0.15, 0.2) is 23.1 Å². The second kappa shape index (κ2) is 8.93. The minimum Gasteiger partial charge on any atom is -0.503 e. The summed E-state index contributed by atoms with van der Waals surface area (Å²) in [7, 11) is 0. The summed E-state index contributed by atoms with van der Waals surface area (Å²) in [5.74, 6) is -7.17. The first-order valence-electron chi connectivity index (χ1n) is 11.6. The molecule has 1 spiro atoms. The molecule has 2 saturated heterocycles. The van der Waals surface area contributed by atoms with Crippen molar-refractivity contribution in [2.75, 3.05) is 19.8 Å². The first-order valence-corrected chi connectivity index (χ1v) is 11.6. The van der Waals surface area contributed by atoms with E-state index in [0.29, 0.717) is 44.6 Å². The van der Waals surface area contributed by atoms with Gasteiger partial charge in [-0.15, -0.1) is 0 Å². The van der Waals surface area contributed by atoms with Crippen molar-refractivity contribution in [1.29, 1.82) is 0 Å². The quantitative estimate of drug-likeness (QED) is 0.660. The average molecular weight is 507 g/mol. The lowest BCUT2D eigenvalue weighted by Crippen LogP contribution is -2.55. The van der Waals surface area contributed by atoms with Crippen LogP contribution in [0.2, 0.25) is 0 Å². The lowest BCUT2D eigenvalue weighted by Gasteiger charge is -2.46. The van der Waals surface area contributed by atoms with Crippen LogP contribution in [0.1, 0.15) is 58.6 Å². The van der Waals surface area contributed by atoms with Crippen molar-refractivity contribution in [3.05, 3.63) is 62.8 Å². The number of aromatic hydroxyl groups is 1. The average Bonchev–Trinajstić information content (AvgIpc) is 2.95. The van der Waals surface area contributed by atoms with Crippen molar-refractivity contribution in [1.82, 2.24) is 14.8 Å². The number of hydrogen-bond donors (Lipinski definition) is 2. The molecule has 0 radical (unpaired) electrons. The summed E-state index contributed by atoms with van der Waals surface area (Å²) in [4.78, 5) is 40.6. The van der Waals surface area contributed by atoms with E-state index in [1.807, 2.05) is 6.92 Å². The molecule has 5 rings (SSSR count). The summed E-state index contributed by atoms with van der Waals surface area (Å²) in [6.07, 6.45) is 2.83. The van der Waals surface area contributed by atoms with Crippen LogP contribution in [0, 0.1) is 17.5 Å². The maximum absolute atomic E-state index is 14.0. The summed E-state index contributed by atoms with van der Waals surface area (Å²) < 4.78 is 54.6. The van der Waals surface area contributed by atoms with Gasteiger partial charge in [-0.25, -0.2) is 13.2 Å². The number of carbonyl (C=O) groups excluding carboxylic acids is 2. The van der Waals surface area contributed by atoms with Gasteiger partial charge in [-0.3, -0.25) is 14.4 Å². The van der Waals surface area contributed by atoms with Gasteiger partial charge in [0.25, 0.3) is 11.8 Å². The van der Waals surface area contributed by atoms with Gasteiger partial charge in [-0.05, 0) is 19.8 Å². The van der Waals surface area contributed by atoms with Gasteiger partial charge in [0.15, 0.2) is 17.2 Å². The maximum atomic E-state index is 14.0. The van der Waals surface area contributed by atoms with Crippen LogP contribution >= 0.6 is 0 Å². The maximum Gasteiger partial charge on any atom is 0.274 e. The van der Waals surface area contributed by atoms with Crippen LogP contribution in [0.5, 0.6) is 5.75 Å². The molecule has 36 heavy (non-hydrogen) atoms. The SMILES string of the molecule is CC1CCC2(OCCCO2)C2CN1C(=O)c1c(O)c(=O)c(C(=O)NCc3c(F)cc(F)cc3F)cn12. The molecule has 2 atom stereocenters. The number of nitrogens with zero attached hydrogens (tertiary/aromatic N) is 2. The van der Waals surface area contributed by atoms with Gasteiger partial charge in [0.1, 0.15) is 29.1 Å². The van der Waals surface area contributed by atoms with Crippen molar-refractivity contribution in [2.24, 2.45) is 0 Å². The van der Waals surface area contributed by atoms with Crippen LogP contribution in [-0.2, 0) is 16.0 Å². The molecule has 192 valence electrons. The molecule has 2 bridgehead atoms. The van der Waals surface area contributed by atoms with Crippen molar-refractivity contribution in [3.63, 3.8) is 0 Å². The molecule has 2 fully saturated rings. The summed E-state index contributed by atoms with van der Waals surface area (Å²) in [6.45, 7) is 2.19. The molecule has 12 heteroatoms. The van der Waals surface area contributed by atoms with E-state index >= 15 is 0 Å². The Kier molecular flexibility index (Phi) is 6.03. The minimum atomic E-state index is -1.20. The molecule has 0 saturated carbocycles. The molecule has 4 heterocycles. The molecule has 2 unspecified atom stereocenters. The third kappa shape index (κ3) is 3.84. The van der Waals surface area contributed by atoms with E-state index in [9.17, 15) is 32.7 Å². The Bertz CT molecular complexity index is 1280. The van der Waals surface area contributed by atoms with Crippen molar-refractivity contribution in [2.45, 2.75) is 50.6 Å². The molecule has 9 nitrogen and oxygen atoms in total. The fourth-order valence-electron chi connectivity index (χ4n) is 5.13. The number of hydrogen-bond acceptors (Lipinski definition) is 6. The molecule has 2 aromatic rings. The van der Waals surface area contributed by atoms with E-state index in [0.717, 1.165) is 6.20 Å². The molecule has 0 aliphatic carbocycles. The van der Waals surface area contributed by atoms with Gasteiger partial charge < -0.3 is 29.4 Å². The lowest BCUT2D eigenvalue weighted by molar-refractivity contribution is -0.291. The Hall–Kier alpha value is -3.38. The predicted octanol–water partition coefficient (Wildman–Crippen LogP) is 2.21. The Morgan fingerprint density at radius 2 is 1.86 bits per heavy atom. The molecule has 3 aliphatic rings. The highest BCUT2D eigenvalue weighted by molar-refractivity contribution is 5.99. The van der Waals surface area contributed by atoms with Gasteiger partial charge in [0.2, 0.25) is 5.43 Å². The Balaban J connectivity index is 1.55. The first-order chi connectivity index (χ1) is 17.1. The van der Waals surface area contributed by atoms with Gasteiger partial charge in [0, 0.05) is 49.4 Å². The highest BCUT2D eigenvalue weighted by atomic mass is 19.1. The summed E-state index contributed by atoms with van der Waals surface area (Å²) in [5.41, 5.74) is -2.53. The smallest absolute Gasteiger partial charge is 0.274 e. The molecular formula is C24H24F3N3O6. The number of benzene rings is 1. The number of ether oxygens (including phenoxy) is 2. The Morgan fingerprint density at radius 1 is 1.19 bits per heavy atom. The fourth-order valence-corrected chi connectivity index (χ4v) is 5.13. The van der Waals surface area contributed by atoms with E-state index < -0.39 is 69.9 Å². The van der Waals surface area contributed by atoms with Crippen LogP contribution in [0.4, 0.5) is 13.2 Å². The molecule has 2 N–H and O–H groups in total. The number of pyridine rings is 1. The molecule has 3 aliphatic heterocycles. The second-order valence-electron chi connectivity index (χ2n) is 9.23. The predicted molar refractivity (Wildman–Crippen MR) is 118 cm³/mol.